The van der Waals surface area contributed by atoms with Gasteiger partial charge in [0.05, 0.1) is 11.4 Å². The molecule has 1 saturated heterocycles. The summed E-state index contributed by atoms with van der Waals surface area (Å²) in [5, 5.41) is 0. The molecule has 2 heterocycles. The third-order valence-electron chi connectivity index (χ3n) is 5.13. The molecule has 0 atom stereocenters. The molecule has 6 nitrogen and oxygen atoms in total. The fourth-order valence-electron chi connectivity index (χ4n) is 3.57. The summed E-state index contributed by atoms with van der Waals surface area (Å²) in [6, 6.07) is 7.66. The summed E-state index contributed by atoms with van der Waals surface area (Å²) < 4.78 is 30.7. The molecule has 2 aromatic rings. The number of aromatic nitrogens is 1. The Morgan fingerprint density at radius 3 is 2.61 bits per heavy atom. The topological polar surface area (TPSA) is 80.5 Å². The zero-order chi connectivity index (χ0) is 20.1. The van der Waals surface area contributed by atoms with Crippen LogP contribution in [0.15, 0.2) is 28.7 Å². The molecule has 0 spiro atoms. The molecule has 0 radical (unpaired) electrons. The van der Waals surface area contributed by atoms with Crippen LogP contribution >= 0.6 is 0 Å². The SMILES string of the molecule is Cc1ccccc1-c1nc(CS(=O)(=O)CC(=O)CCCN2CCCC2)c(C)o1. The molecule has 152 valence electrons. The number of carbonyl (C=O) groups is 1. The number of benzene rings is 1. The van der Waals surface area contributed by atoms with Gasteiger partial charge in [-0.1, -0.05) is 18.2 Å². The van der Waals surface area contributed by atoms with Crippen molar-refractivity contribution in [1.82, 2.24) is 9.88 Å². The van der Waals surface area contributed by atoms with Crippen LogP contribution in [-0.4, -0.2) is 49.5 Å². The number of oxazole rings is 1. The van der Waals surface area contributed by atoms with Crippen molar-refractivity contribution in [3.63, 3.8) is 0 Å². The van der Waals surface area contributed by atoms with E-state index in [0.29, 0.717) is 23.8 Å². The van der Waals surface area contributed by atoms with E-state index in [0.717, 1.165) is 37.2 Å². The minimum absolute atomic E-state index is 0.223. The predicted molar refractivity (Wildman–Crippen MR) is 109 cm³/mol. The van der Waals surface area contributed by atoms with Gasteiger partial charge in [0.25, 0.3) is 0 Å². The highest BCUT2D eigenvalue weighted by atomic mass is 32.2. The lowest BCUT2D eigenvalue weighted by Crippen LogP contribution is -2.23. The first kappa shape index (κ1) is 20.7. The van der Waals surface area contributed by atoms with Crippen LogP contribution in [0.2, 0.25) is 0 Å². The zero-order valence-electron chi connectivity index (χ0n) is 16.6. The van der Waals surface area contributed by atoms with Gasteiger partial charge in [0.2, 0.25) is 5.89 Å². The van der Waals surface area contributed by atoms with E-state index in [9.17, 15) is 13.2 Å². The molecular formula is C21H28N2O4S. The summed E-state index contributed by atoms with van der Waals surface area (Å²) in [6.45, 7) is 6.69. The Labute approximate surface area is 166 Å². The Kier molecular flexibility index (Phi) is 6.67. The zero-order valence-corrected chi connectivity index (χ0v) is 17.4. The van der Waals surface area contributed by atoms with Crippen molar-refractivity contribution in [2.45, 2.75) is 45.3 Å². The van der Waals surface area contributed by atoms with Crippen LogP contribution in [0, 0.1) is 13.8 Å². The summed E-state index contributed by atoms with van der Waals surface area (Å²) in [7, 11) is -3.57. The minimum Gasteiger partial charge on any atom is -0.441 e. The average molecular weight is 405 g/mol. The molecule has 0 amide bonds. The minimum atomic E-state index is -3.57. The molecule has 1 aliphatic rings. The van der Waals surface area contributed by atoms with Gasteiger partial charge >= 0.3 is 0 Å². The van der Waals surface area contributed by atoms with E-state index >= 15 is 0 Å². The van der Waals surface area contributed by atoms with E-state index in [-0.39, 0.29) is 11.5 Å². The second-order valence-electron chi connectivity index (χ2n) is 7.56. The first-order chi connectivity index (χ1) is 13.3. The van der Waals surface area contributed by atoms with E-state index < -0.39 is 15.6 Å². The molecule has 28 heavy (non-hydrogen) atoms. The van der Waals surface area contributed by atoms with Crippen LogP contribution < -0.4 is 0 Å². The molecule has 0 unspecified atom stereocenters. The van der Waals surface area contributed by atoms with E-state index in [1.165, 1.54) is 12.8 Å². The Balaban J connectivity index is 1.57. The Bertz CT molecular complexity index is 928. The fourth-order valence-corrected chi connectivity index (χ4v) is 4.99. The summed E-state index contributed by atoms with van der Waals surface area (Å²) >= 11 is 0. The maximum atomic E-state index is 12.5. The number of rotatable bonds is 9. The third-order valence-corrected chi connectivity index (χ3v) is 6.61. The van der Waals surface area contributed by atoms with E-state index in [4.69, 9.17) is 4.42 Å². The van der Waals surface area contributed by atoms with Gasteiger partial charge in [-0.05, 0) is 64.4 Å². The maximum absolute atomic E-state index is 12.5. The predicted octanol–water partition coefficient (Wildman–Crippen LogP) is 3.32. The van der Waals surface area contributed by atoms with Crippen LogP contribution in [0.4, 0.5) is 0 Å². The lowest BCUT2D eigenvalue weighted by Gasteiger charge is -2.13. The molecule has 0 aliphatic carbocycles. The molecule has 1 aromatic carbocycles. The number of hydrogen-bond acceptors (Lipinski definition) is 6. The second kappa shape index (κ2) is 9.01. The molecule has 1 aliphatic heterocycles. The van der Waals surface area contributed by atoms with Gasteiger partial charge in [-0.25, -0.2) is 13.4 Å². The smallest absolute Gasteiger partial charge is 0.226 e. The molecule has 7 heteroatoms. The standard InChI is InChI=1S/C21H28N2O4S/c1-16-8-3-4-10-19(16)21-22-20(17(2)27-21)15-28(25,26)14-18(24)9-7-13-23-11-5-6-12-23/h3-4,8,10H,5-7,9,11-15H2,1-2H3. The summed E-state index contributed by atoms with van der Waals surface area (Å²) in [5.74, 6) is -0.0361. The molecule has 0 saturated carbocycles. The molecule has 3 rings (SSSR count). The maximum Gasteiger partial charge on any atom is 0.226 e. The van der Waals surface area contributed by atoms with Crippen LogP contribution in [0.3, 0.4) is 0 Å². The Hall–Kier alpha value is -1.99. The van der Waals surface area contributed by atoms with Crippen molar-refractivity contribution in [3.8, 4) is 11.5 Å². The van der Waals surface area contributed by atoms with Gasteiger partial charge in [0.1, 0.15) is 17.3 Å². The average Bonchev–Trinajstić information content (AvgIpc) is 3.25. The summed E-state index contributed by atoms with van der Waals surface area (Å²) in [6.07, 6.45) is 3.45. The number of nitrogens with zero attached hydrogens (tertiary/aromatic N) is 2. The van der Waals surface area contributed by atoms with Crippen molar-refractivity contribution >= 4 is 15.6 Å². The highest BCUT2D eigenvalue weighted by Gasteiger charge is 2.22. The first-order valence-corrected chi connectivity index (χ1v) is 11.6. The number of Topliss-reactive ketones (excluding diaryl/α,β-unsaturated/α-hetero) is 1. The fraction of sp³-hybridized carbons (Fsp3) is 0.524. The van der Waals surface area contributed by atoms with E-state index in [2.05, 4.69) is 9.88 Å². The normalized spacial score (nSPS) is 15.2. The highest BCUT2D eigenvalue weighted by Crippen LogP contribution is 2.25. The number of hydrogen-bond donors (Lipinski definition) is 0. The van der Waals surface area contributed by atoms with Crippen molar-refractivity contribution in [3.05, 3.63) is 41.3 Å². The van der Waals surface area contributed by atoms with Gasteiger partial charge in [-0.2, -0.15) is 0 Å². The number of ketones is 1. The first-order valence-electron chi connectivity index (χ1n) is 9.81. The third kappa shape index (κ3) is 5.52. The van der Waals surface area contributed by atoms with Crippen molar-refractivity contribution < 1.29 is 17.6 Å². The summed E-state index contributed by atoms with van der Waals surface area (Å²) in [4.78, 5) is 18.8. The van der Waals surface area contributed by atoms with Gasteiger partial charge in [-0.15, -0.1) is 0 Å². The van der Waals surface area contributed by atoms with Crippen LogP contribution in [0.5, 0.6) is 0 Å². The number of sulfone groups is 1. The molecule has 0 N–H and O–H groups in total. The van der Waals surface area contributed by atoms with Gasteiger partial charge in [0, 0.05) is 12.0 Å². The summed E-state index contributed by atoms with van der Waals surface area (Å²) in [5.41, 5.74) is 2.22. The Morgan fingerprint density at radius 2 is 1.89 bits per heavy atom. The van der Waals surface area contributed by atoms with Crippen molar-refractivity contribution in [2.24, 2.45) is 0 Å². The molecule has 1 fully saturated rings. The monoisotopic (exact) mass is 404 g/mol. The van der Waals surface area contributed by atoms with Crippen molar-refractivity contribution in [2.75, 3.05) is 25.4 Å². The Morgan fingerprint density at radius 1 is 1.18 bits per heavy atom. The van der Waals surface area contributed by atoms with Gasteiger partial charge in [-0.3, -0.25) is 4.79 Å². The van der Waals surface area contributed by atoms with E-state index in [1.807, 2.05) is 31.2 Å². The van der Waals surface area contributed by atoms with Gasteiger partial charge < -0.3 is 9.32 Å². The van der Waals surface area contributed by atoms with Crippen LogP contribution in [-0.2, 0) is 20.4 Å². The lowest BCUT2D eigenvalue weighted by atomic mass is 10.1. The molecule has 1 aromatic heterocycles. The highest BCUT2D eigenvalue weighted by molar-refractivity contribution is 7.91. The number of carbonyl (C=O) groups excluding carboxylic acids is 1. The van der Waals surface area contributed by atoms with Gasteiger partial charge in [0.15, 0.2) is 9.84 Å². The number of likely N-dealkylation sites (tertiary alicyclic amines) is 1. The molecule has 0 bridgehead atoms. The van der Waals surface area contributed by atoms with Crippen LogP contribution in [0.25, 0.3) is 11.5 Å². The number of aryl methyl sites for hydroxylation is 2. The molecular weight excluding hydrogens is 376 g/mol. The lowest BCUT2D eigenvalue weighted by molar-refractivity contribution is -0.116. The quantitative estimate of drug-likeness (QED) is 0.638. The van der Waals surface area contributed by atoms with Crippen molar-refractivity contribution in [1.29, 1.82) is 0 Å². The van der Waals surface area contributed by atoms with E-state index in [1.54, 1.807) is 6.92 Å². The largest absolute Gasteiger partial charge is 0.441 e. The second-order valence-corrected chi connectivity index (χ2v) is 9.62. The van der Waals surface area contributed by atoms with Crippen LogP contribution in [0.1, 0.15) is 42.7 Å².